The first-order valence-corrected chi connectivity index (χ1v) is 5.56. The number of para-hydroxylation sites is 2. The Kier molecular flexibility index (Phi) is 3.60. The van der Waals surface area contributed by atoms with Crippen molar-refractivity contribution in [1.82, 2.24) is 5.32 Å². The van der Waals surface area contributed by atoms with Gasteiger partial charge >= 0.3 is 0 Å². The van der Waals surface area contributed by atoms with E-state index in [-0.39, 0.29) is 24.9 Å². The van der Waals surface area contributed by atoms with Crippen molar-refractivity contribution >= 4 is 23.2 Å². The van der Waals surface area contributed by atoms with E-state index in [0.717, 1.165) is 0 Å². The van der Waals surface area contributed by atoms with E-state index in [4.69, 9.17) is 6.42 Å². The van der Waals surface area contributed by atoms with E-state index in [1.807, 2.05) is 12.1 Å². The summed E-state index contributed by atoms with van der Waals surface area (Å²) >= 11 is 0. The van der Waals surface area contributed by atoms with E-state index in [1.54, 1.807) is 12.1 Å². The molecule has 0 aliphatic carbocycles. The van der Waals surface area contributed by atoms with E-state index < -0.39 is 0 Å². The molecule has 5 nitrogen and oxygen atoms in total. The lowest BCUT2D eigenvalue weighted by molar-refractivity contribution is -0.121. The summed E-state index contributed by atoms with van der Waals surface area (Å²) in [5, 5.41) is 5.55. The molecule has 0 aromatic heterocycles. The zero-order valence-corrected chi connectivity index (χ0v) is 9.77. The van der Waals surface area contributed by atoms with Gasteiger partial charge in [-0.25, -0.2) is 0 Å². The Hall–Kier alpha value is -2.32. The van der Waals surface area contributed by atoms with Gasteiger partial charge in [0.1, 0.15) is 6.54 Å². The number of fused-ring (bicyclic) bond motifs is 1. The number of amides is 2. The van der Waals surface area contributed by atoms with E-state index >= 15 is 0 Å². The minimum atomic E-state index is -0.195. The highest BCUT2D eigenvalue weighted by atomic mass is 16.2. The fraction of sp³-hybridized carbons (Fsp3) is 0.231. The number of benzene rings is 1. The molecular weight excluding hydrogens is 230 g/mol. The molecule has 0 saturated carbocycles. The van der Waals surface area contributed by atoms with Crippen LogP contribution in [-0.4, -0.2) is 31.4 Å². The van der Waals surface area contributed by atoms with Crippen LogP contribution in [0.1, 0.15) is 0 Å². The number of rotatable bonds is 3. The summed E-state index contributed by atoms with van der Waals surface area (Å²) < 4.78 is 0. The zero-order chi connectivity index (χ0) is 13.0. The number of carbonyl (C=O) groups is 2. The molecule has 18 heavy (non-hydrogen) atoms. The van der Waals surface area contributed by atoms with Crippen LogP contribution in [-0.2, 0) is 9.59 Å². The van der Waals surface area contributed by atoms with Gasteiger partial charge in [0.2, 0.25) is 11.8 Å². The third-order valence-electron chi connectivity index (χ3n) is 2.57. The zero-order valence-electron chi connectivity index (χ0n) is 9.77. The first kappa shape index (κ1) is 12.1. The number of hydrogen-bond donors (Lipinski definition) is 2. The summed E-state index contributed by atoms with van der Waals surface area (Å²) in [4.78, 5) is 25.0. The molecule has 1 aromatic carbocycles. The van der Waals surface area contributed by atoms with Crippen LogP contribution in [0, 0.1) is 12.3 Å². The number of carbonyl (C=O) groups excluding carboxylic acids is 2. The molecule has 2 amide bonds. The van der Waals surface area contributed by atoms with E-state index in [0.29, 0.717) is 17.9 Å². The summed E-state index contributed by atoms with van der Waals surface area (Å²) in [6.07, 6.45) is 5.09. The summed E-state index contributed by atoms with van der Waals surface area (Å²) in [7, 11) is 0. The van der Waals surface area contributed by atoms with Crippen LogP contribution in [0.25, 0.3) is 0 Å². The molecule has 0 atom stereocenters. The molecule has 1 aliphatic heterocycles. The monoisotopic (exact) mass is 243 g/mol. The Morgan fingerprint density at radius 1 is 1.50 bits per heavy atom. The molecule has 0 spiro atoms. The van der Waals surface area contributed by atoms with Gasteiger partial charge in [-0.1, -0.05) is 18.1 Å². The van der Waals surface area contributed by atoms with E-state index in [2.05, 4.69) is 16.6 Å². The summed E-state index contributed by atoms with van der Waals surface area (Å²) in [6, 6.07) is 7.20. The quantitative estimate of drug-likeness (QED) is 0.588. The highest BCUT2D eigenvalue weighted by molar-refractivity contribution is 6.10. The highest BCUT2D eigenvalue weighted by Crippen LogP contribution is 2.28. The Labute approximate surface area is 105 Å². The minimum Gasteiger partial charge on any atom is -0.323 e. The third-order valence-corrected chi connectivity index (χ3v) is 2.57. The van der Waals surface area contributed by atoms with Crippen molar-refractivity contribution in [2.24, 2.45) is 0 Å². The van der Waals surface area contributed by atoms with Gasteiger partial charge in [-0.15, -0.1) is 6.42 Å². The topological polar surface area (TPSA) is 61.4 Å². The average molecular weight is 243 g/mol. The van der Waals surface area contributed by atoms with Crippen LogP contribution < -0.4 is 15.5 Å². The highest BCUT2D eigenvalue weighted by Gasteiger charge is 2.25. The predicted octanol–water partition coefficient (Wildman–Crippen LogP) is 0.194. The van der Waals surface area contributed by atoms with Crippen LogP contribution in [0.15, 0.2) is 24.3 Å². The second kappa shape index (κ2) is 5.34. The maximum Gasteiger partial charge on any atom is 0.244 e. The fourth-order valence-corrected chi connectivity index (χ4v) is 1.79. The molecule has 2 N–H and O–H groups in total. The Balaban J connectivity index is 2.16. The second-order valence-electron chi connectivity index (χ2n) is 3.85. The van der Waals surface area contributed by atoms with Gasteiger partial charge in [-0.05, 0) is 12.1 Å². The fourth-order valence-electron chi connectivity index (χ4n) is 1.79. The largest absolute Gasteiger partial charge is 0.323 e. The van der Waals surface area contributed by atoms with Gasteiger partial charge in [-0.3, -0.25) is 19.8 Å². The number of terminal acetylenes is 1. The van der Waals surface area contributed by atoms with Crippen molar-refractivity contribution in [3.63, 3.8) is 0 Å². The normalized spacial score (nSPS) is 13.5. The van der Waals surface area contributed by atoms with Gasteiger partial charge < -0.3 is 5.32 Å². The van der Waals surface area contributed by atoms with Crippen LogP contribution in [0.5, 0.6) is 0 Å². The molecule has 1 heterocycles. The van der Waals surface area contributed by atoms with Crippen molar-refractivity contribution in [3.05, 3.63) is 24.3 Å². The van der Waals surface area contributed by atoms with Gasteiger partial charge in [-0.2, -0.15) is 0 Å². The minimum absolute atomic E-state index is 0.0353. The number of nitrogens with zero attached hydrogens (tertiary/aromatic N) is 1. The van der Waals surface area contributed by atoms with Crippen LogP contribution >= 0.6 is 0 Å². The molecule has 5 heteroatoms. The van der Waals surface area contributed by atoms with Gasteiger partial charge in [0.25, 0.3) is 0 Å². The van der Waals surface area contributed by atoms with Gasteiger partial charge in [0.15, 0.2) is 0 Å². The molecule has 1 aliphatic rings. The maximum atomic E-state index is 12.0. The molecule has 1 aromatic rings. The molecular formula is C13H13N3O2. The number of hydrogen-bond acceptors (Lipinski definition) is 3. The molecule has 0 saturated heterocycles. The Bertz CT molecular complexity index is 519. The molecule has 92 valence electrons. The smallest absolute Gasteiger partial charge is 0.244 e. The second-order valence-corrected chi connectivity index (χ2v) is 3.85. The molecule has 0 radical (unpaired) electrons. The third kappa shape index (κ3) is 2.50. The molecule has 2 rings (SSSR count). The molecule has 0 fully saturated rings. The number of nitrogens with one attached hydrogen (secondary N) is 2. The van der Waals surface area contributed by atoms with E-state index in [9.17, 15) is 9.59 Å². The van der Waals surface area contributed by atoms with Crippen LogP contribution in [0.4, 0.5) is 11.4 Å². The molecule has 0 bridgehead atoms. The summed E-state index contributed by atoms with van der Waals surface area (Å²) in [6.45, 7) is 0.479. The van der Waals surface area contributed by atoms with Gasteiger partial charge in [0, 0.05) is 0 Å². The number of anilines is 2. The van der Waals surface area contributed by atoms with E-state index in [1.165, 1.54) is 4.90 Å². The van der Waals surface area contributed by atoms with Crippen molar-refractivity contribution in [3.8, 4) is 12.3 Å². The van der Waals surface area contributed by atoms with Crippen molar-refractivity contribution < 1.29 is 9.59 Å². The first-order chi connectivity index (χ1) is 8.72. The lowest BCUT2D eigenvalue weighted by Crippen LogP contribution is -2.45. The van der Waals surface area contributed by atoms with Crippen LogP contribution in [0.3, 0.4) is 0 Å². The molecule has 0 unspecified atom stereocenters. The standard InChI is InChI=1S/C13H13N3O2/c1-2-7-14-8-13(18)16-9-12(17)15-10-5-3-4-6-11(10)16/h1,3-6,14H,7-9H2,(H,15,17). The average Bonchev–Trinajstić information content (AvgIpc) is 2.38. The van der Waals surface area contributed by atoms with Crippen LogP contribution in [0.2, 0.25) is 0 Å². The SMILES string of the molecule is C#CCNCC(=O)N1CC(=O)Nc2ccccc21. The summed E-state index contributed by atoms with van der Waals surface area (Å²) in [5.74, 6) is 2.02. The summed E-state index contributed by atoms with van der Waals surface area (Å²) in [5.41, 5.74) is 1.36. The van der Waals surface area contributed by atoms with Crippen molar-refractivity contribution in [2.75, 3.05) is 29.9 Å². The van der Waals surface area contributed by atoms with Crippen molar-refractivity contribution in [1.29, 1.82) is 0 Å². The Morgan fingerprint density at radius 2 is 2.28 bits per heavy atom. The predicted molar refractivity (Wildman–Crippen MR) is 69.1 cm³/mol. The van der Waals surface area contributed by atoms with Crippen molar-refractivity contribution in [2.45, 2.75) is 0 Å². The lowest BCUT2D eigenvalue weighted by atomic mass is 10.2. The maximum absolute atomic E-state index is 12.0. The first-order valence-electron chi connectivity index (χ1n) is 5.56. The Morgan fingerprint density at radius 3 is 3.06 bits per heavy atom. The van der Waals surface area contributed by atoms with Gasteiger partial charge in [0.05, 0.1) is 24.5 Å². The lowest BCUT2D eigenvalue weighted by Gasteiger charge is -2.29.